The van der Waals surface area contributed by atoms with Crippen molar-refractivity contribution in [3.05, 3.63) is 96.1 Å². The van der Waals surface area contributed by atoms with Crippen molar-refractivity contribution < 1.29 is 4.79 Å². The lowest BCUT2D eigenvalue weighted by molar-refractivity contribution is -0.110. The molecule has 2 unspecified atom stereocenters. The quantitative estimate of drug-likeness (QED) is 0.518. The first-order chi connectivity index (χ1) is 11.3. The van der Waals surface area contributed by atoms with Crippen molar-refractivity contribution in [2.24, 2.45) is 0 Å². The van der Waals surface area contributed by atoms with Gasteiger partial charge in [-0.15, -0.1) is 0 Å². The molecule has 2 heteroatoms. The molecule has 23 heavy (non-hydrogen) atoms. The van der Waals surface area contributed by atoms with Gasteiger partial charge < -0.3 is 0 Å². The number of hydrogen-bond donors (Lipinski definition) is 0. The fourth-order valence-electron chi connectivity index (χ4n) is 3.39. The van der Waals surface area contributed by atoms with E-state index in [1.165, 1.54) is 21.6 Å². The Kier molecular flexibility index (Phi) is 3.55. The molecule has 1 heterocycles. The van der Waals surface area contributed by atoms with E-state index in [4.69, 9.17) is 0 Å². The summed E-state index contributed by atoms with van der Waals surface area (Å²) in [5.41, 5.74) is 2.40. The zero-order valence-electron chi connectivity index (χ0n) is 12.7. The first-order valence-corrected chi connectivity index (χ1v) is 8.97. The zero-order valence-corrected chi connectivity index (χ0v) is 13.5. The zero-order chi connectivity index (χ0) is 15.7. The molecule has 4 rings (SSSR count). The van der Waals surface area contributed by atoms with Crippen LogP contribution in [-0.4, -0.2) is 6.29 Å². The van der Waals surface area contributed by atoms with Crippen molar-refractivity contribution in [3.63, 3.8) is 0 Å². The topological polar surface area (TPSA) is 17.1 Å². The van der Waals surface area contributed by atoms with E-state index < -0.39 is 4.75 Å². The third-order valence-corrected chi connectivity index (χ3v) is 7.23. The third kappa shape index (κ3) is 2.22. The van der Waals surface area contributed by atoms with Crippen molar-refractivity contribution in [2.75, 3.05) is 0 Å². The second-order valence-electron chi connectivity index (χ2n) is 5.78. The average Bonchev–Trinajstić information content (AvgIpc) is 2.98. The van der Waals surface area contributed by atoms with Gasteiger partial charge >= 0.3 is 0 Å². The normalized spacial score (nSPS) is 22.5. The maximum atomic E-state index is 12.4. The highest BCUT2D eigenvalue weighted by atomic mass is 32.2. The van der Waals surface area contributed by atoms with E-state index in [2.05, 4.69) is 60.7 Å². The number of benzene rings is 3. The fourth-order valence-corrected chi connectivity index (χ4v) is 6.27. The van der Waals surface area contributed by atoms with Gasteiger partial charge in [0.15, 0.2) is 16.1 Å². The van der Waals surface area contributed by atoms with Crippen LogP contribution < -0.4 is 0 Å². The molecule has 3 aromatic carbocycles. The van der Waals surface area contributed by atoms with Crippen LogP contribution in [0.4, 0.5) is 0 Å². The summed E-state index contributed by atoms with van der Waals surface area (Å²) in [5, 5.41) is 0. The number of carbonyl (C=O) groups is 1. The van der Waals surface area contributed by atoms with Crippen LogP contribution in [0, 0.1) is 0 Å². The molecule has 3 aromatic rings. The minimum absolute atomic E-state index is 0.281. The minimum atomic E-state index is -0.494. The number of fused-ring (bicyclic) bond motifs is 1. The Balaban J connectivity index is 1.97. The first-order valence-electron chi connectivity index (χ1n) is 7.74. The molecule has 2 atom stereocenters. The first kappa shape index (κ1) is 14.3. The summed E-state index contributed by atoms with van der Waals surface area (Å²) in [5.74, 6) is 0. The molecule has 1 nitrogen and oxygen atoms in total. The Hall–Kier alpha value is -2.32. The molecule has 0 fully saturated rings. The van der Waals surface area contributed by atoms with Crippen LogP contribution in [0.25, 0.3) is 0 Å². The van der Waals surface area contributed by atoms with Gasteiger partial charge in [-0.2, -0.15) is 0 Å². The van der Waals surface area contributed by atoms with Gasteiger partial charge in [-0.1, -0.05) is 66.7 Å². The van der Waals surface area contributed by atoms with E-state index in [9.17, 15) is 4.79 Å². The summed E-state index contributed by atoms with van der Waals surface area (Å²) in [7, 11) is -0.281. The third-order valence-electron chi connectivity index (χ3n) is 4.44. The lowest BCUT2D eigenvalue weighted by Gasteiger charge is -2.22. The van der Waals surface area contributed by atoms with Crippen molar-refractivity contribution >= 4 is 17.2 Å². The van der Waals surface area contributed by atoms with Gasteiger partial charge in [-0.25, -0.2) is 0 Å². The Morgan fingerprint density at radius 2 is 1.39 bits per heavy atom. The number of rotatable bonds is 3. The summed E-state index contributed by atoms with van der Waals surface area (Å²) in [4.78, 5) is 14.9. The predicted molar refractivity (Wildman–Crippen MR) is 94.7 cm³/mol. The van der Waals surface area contributed by atoms with Crippen LogP contribution in [0.3, 0.4) is 0 Å². The molecular weight excluding hydrogens is 300 g/mol. The van der Waals surface area contributed by atoms with Crippen LogP contribution in [0.2, 0.25) is 0 Å². The fraction of sp³-hybridized carbons (Fsp3) is 0.0952. The maximum absolute atomic E-state index is 12.4. The molecule has 1 aliphatic heterocycles. The largest absolute Gasteiger partial charge is 0.297 e. The standard InChI is InChI=1S/C21H17OS/c22-16-21(18-10-3-1-4-11-18)15-17-9-7-8-14-20(17)23(21)19-12-5-2-6-13-19/h1-14,16H,15H2/q+1. The summed E-state index contributed by atoms with van der Waals surface area (Å²) in [6, 6.07) is 29.1. The van der Waals surface area contributed by atoms with Crippen molar-refractivity contribution in [3.8, 4) is 0 Å². The predicted octanol–water partition coefficient (Wildman–Crippen LogP) is 4.37. The number of hydrogen-bond acceptors (Lipinski definition) is 1. The van der Waals surface area contributed by atoms with E-state index in [0.29, 0.717) is 0 Å². The van der Waals surface area contributed by atoms with E-state index in [1.807, 2.05) is 24.3 Å². The highest BCUT2D eigenvalue weighted by Crippen LogP contribution is 2.49. The Morgan fingerprint density at radius 3 is 2.09 bits per heavy atom. The molecule has 0 aromatic heterocycles. The maximum Gasteiger partial charge on any atom is 0.222 e. The average molecular weight is 317 g/mol. The van der Waals surface area contributed by atoms with Crippen molar-refractivity contribution in [1.82, 2.24) is 0 Å². The summed E-state index contributed by atoms with van der Waals surface area (Å²) >= 11 is 0. The molecular formula is C21H17OS+. The van der Waals surface area contributed by atoms with Crippen LogP contribution in [0.1, 0.15) is 11.1 Å². The molecule has 0 amide bonds. The van der Waals surface area contributed by atoms with Gasteiger partial charge in [0.25, 0.3) is 0 Å². The van der Waals surface area contributed by atoms with Crippen LogP contribution in [-0.2, 0) is 26.9 Å². The minimum Gasteiger partial charge on any atom is -0.297 e. The molecule has 0 N–H and O–H groups in total. The lowest BCUT2D eigenvalue weighted by Crippen LogP contribution is -2.35. The molecule has 1 aliphatic rings. The van der Waals surface area contributed by atoms with Gasteiger partial charge in [-0.3, -0.25) is 4.79 Å². The van der Waals surface area contributed by atoms with Crippen LogP contribution in [0.5, 0.6) is 0 Å². The second-order valence-corrected chi connectivity index (χ2v) is 8.03. The lowest BCUT2D eigenvalue weighted by atomic mass is 9.93. The molecule has 0 radical (unpaired) electrons. The van der Waals surface area contributed by atoms with Gasteiger partial charge in [-0.05, 0) is 18.2 Å². The van der Waals surface area contributed by atoms with Gasteiger partial charge in [0, 0.05) is 17.5 Å². The number of aldehydes is 1. The molecule has 0 bridgehead atoms. The van der Waals surface area contributed by atoms with Crippen LogP contribution >= 0.6 is 0 Å². The monoisotopic (exact) mass is 317 g/mol. The van der Waals surface area contributed by atoms with E-state index >= 15 is 0 Å². The van der Waals surface area contributed by atoms with Crippen LogP contribution in [0.15, 0.2) is 94.7 Å². The molecule has 0 saturated carbocycles. The van der Waals surface area contributed by atoms with Gasteiger partial charge in [0.05, 0.1) is 10.9 Å². The van der Waals surface area contributed by atoms with E-state index in [0.717, 1.165) is 12.0 Å². The van der Waals surface area contributed by atoms with E-state index in [1.54, 1.807) is 0 Å². The Bertz CT molecular complexity index is 829. The highest BCUT2D eigenvalue weighted by molar-refractivity contribution is 7.98. The van der Waals surface area contributed by atoms with E-state index in [-0.39, 0.29) is 10.9 Å². The molecule has 0 spiro atoms. The molecule has 0 aliphatic carbocycles. The van der Waals surface area contributed by atoms with Gasteiger partial charge in [0.2, 0.25) is 4.75 Å². The Labute approximate surface area is 139 Å². The molecule has 0 saturated heterocycles. The van der Waals surface area contributed by atoms with Crippen molar-refractivity contribution in [1.29, 1.82) is 0 Å². The SMILES string of the molecule is O=CC1(c2ccccc2)Cc2ccccc2[S+]1c1ccccc1. The Morgan fingerprint density at radius 1 is 0.783 bits per heavy atom. The molecule has 112 valence electrons. The summed E-state index contributed by atoms with van der Waals surface area (Å²) in [6.45, 7) is 0. The number of carbonyl (C=O) groups excluding carboxylic acids is 1. The second kappa shape index (κ2) is 5.71. The summed E-state index contributed by atoms with van der Waals surface area (Å²) < 4.78 is -0.494. The highest BCUT2D eigenvalue weighted by Gasteiger charge is 2.58. The van der Waals surface area contributed by atoms with Crippen molar-refractivity contribution in [2.45, 2.75) is 21.0 Å². The van der Waals surface area contributed by atoms with Gasteiger partial charge in [0.1, 0.15) is 0 Å². The summed E-state index contributed by atoms with van der Waals surface area (Å²) in [6.07, 6.45) is 1.95. The smallest absolute Gasteiger partial charge is 0.222 e.